The smallest absolute Gasteiger partial charge is 0.253 e. The molecule has 16 heavy (non-hydrogen) atoms. The summed E-state index contributed by atoms with van der Waals surface area (Å²) >= 11 is 5.95. The summed E-state index contributed by atoms with van der Waals surface area (Å²) in [5.41, 5.74) is 1.48. The lowest BCUT2D eigenvalue weighted by Gasteiger charge is -2.19. The molecule has 0 saturated heterocycles. The highest BCUT2D eigenvalue weighted by Gasteiger charge is 2.13. The SMILES string of the molecule is Cc1ccc(C(=O)N(C)CC(C)O)cc1Cl. The van der Waals surface area contributed by atoms with E-state index in [1.54, 1.807) is 26.1 Å². The minimum Gasteiger partial charge on any atom is -0.392 e. The first kappa shape index (κ1) is 13.0. The Labute approximate surface area is 101 Å². The van der Waals surface area contributed by atoms with Gasteiger partial charge in [0.05, 0.1) is 6.10 Å². The third-order valence-electron chi connectivity index (χ3n) is 2.30. The van der Waals surface area contributed by atoms with E-state index in [1.807, 2.05) is 13.0 Å². The summed E-state index contributed by atoms with van der Waals surface area (Å²) in [7, 11) is 1.66. The average Bonchev–Trinajstić information content (AvgIpc) is 2.20. The molecule has 0 heterocycles. The van der Waals surface area contributed by atoms with Crippen LogP contribution in [0.3, 0.4) is 0 Å². The van der Waals surface area contributed by atoms with E-state index in [-0.39, 0.29) is 5.91 Å². The van der Waals surface area contributed by atoms with Crippen molar-refractivity contribution < 1.29 is 9.90 Å². The second-order valence-electron chi connectivity index (χ2n) is 4.00. The van der Waals surface area contributed by atoms with Crippen LogP contribution in [0.4, 0.5) is 0 Å². The molecule has 1 unspecified atom stereocenters. The Kier molecular flexibility index (Phi) is 4.33. The summed E-state index contributed by atoms with van der Waals surface area (Å²) in [4.78, 5) is 13.4. The van der Waals surface area contributed by atoms with Crippen molar-refractivity contribution >= 4 is 17.5 Å². The number of hydrogen-bond acceptors (Lipinski definition) is 2. The Balaban J connectivity index is 2.84. The minimum absolute atomic E-state index is 0.136. The quantitative estimate of drug-likeness (QED) is 0.881. The van der Waals surface area contributed by atoms with E-state index in [2.05, 4.69) is 0 Å². The van der Waals surface area contributed by atoms with Gasteiger partial charge in [-0.15, -0.1) is 0 Å². The lowest BCUT2D eigenvalue weighted by molar-refractivity contribution is 0.0703. The molecule has 0 aliphatic rings. The molecular formula is C12H16ClNO2. The number of carbonyl (C=O) groups is 1. The zero-order chi connectivity index (χ0) is 12.3. The molecule has 1 aromatic rings. The maximum absolute atomic E-state index is 11.9. The van der Waals surface area contributed by atoms with Gasteiger partial charge in [-0.3, -0.25) is 4.79 Å². The van der Waals surface area contributed by atoms with Crippen LogP contribution in [0.1, 0.15) is 22.8 Å². The van der Waals surface area contributed by atoms with Gasteiger partial charge in [-0.1, -0.05) is 17.7 Å². The van der Waals surface area contributed by atoms with E-state index in [0.717, 1.165) is 5.56 Å². The lowest BCUT2D eigenvalue weighted by Crippen LogP contribution is -2.33. The second kappa shape index (κ2) is 5.32. The van der Waals surface area contributed by atoms with Crippen molar-refractivity contribution in [3.63, 3.8) is 0 Å². The van der Waals surface area contributed by atoms with Crippen LogP contribution in [-0.2, 0) is 0 Å². The van der Waals surface area contributed by atoms with Gasteiger partial charge in [-0.25, -0.2) is 0 Å². The summed E-state index contributed by atoms with van der Waals surface area (Å²) < 4.78 is 0. The van der Waals surface area contributed by atoms with Gasteiger partial charge in [0.25, 0.3) is 5.91 Å². The first-order valence-electron chi connectivity index (χ1n) is 5.11. The van der Waals surface area contributed by atoms with Crippen LogP contribution in [0.15, 0.2) is 18.2 Å². The van der Waals surface area contributed by atoms with E-state index in [1.165, 1.54) is 4.90 Å². The van der Waals surface area contributed by atoms with Gasteiger partial charge in [0, 0.05) is 24.2 Å². The third kappa shape index (κ3) is 3.22. The second-order valence-corrected chi connectivity index (χ2v) is 4.41. The number of aryl methyl sites for hydroxylation is 1. The molecule has 1 aromatic carbocycles. The van der Waals surface area contributed by atoms with Crippen LogP contribution in [-0.4, -0.2) is 35.6 Å². The number of carbonyl (C=O) groups excluding carboxylic acids is 1. The zero-order valence-corrected chi connectivity index (χ0v) is 10.5. The molecule has 1 amide bonds. The van der Waals surface area contributed by atoms with Crippen molar-refractivity contribution in [1.29, 1.82) is 0 Å². The highest BCUT2D eigenvalue weighted by molar-refractivity contribution is 6.31. The number of halogens is 1. The van der Waals surface area contributed by atoms with Crippen molar-refractivity contribution in [2.75, 3.05) is 13.6 Å². The highest BCUT2D eigenvalue weighted by atomic mass is 35.5. The van der Waals surface area contributed by atoms with Gasteiger partial charge in [-0.05, 0) is 31.5 Å². The molecule has 1 N–H and O–H groups in total. The molecule has 88 valence electrons. The van der Waals surface area contributed by atoms with E-state index in [9.17, 15) is 9.90 Å². The lowest BCUT2D eigenvalue weighted by atomic mass is 10.1. The highest BCUT2D eigenvalue weighted by Crippen LogP contribution is 2.17. The van der Waals surface area contributed by atoms with Crippen LogP contribution < -0.4 is 0 Å². The number of benzene rings is 1. The molecule has 0 fully saturated rings. The normalized spacial score (nSPS) is 12.3. The molecule has 0 spiro atoms. The minimum atomic E-state index is -0.533. The van der Waals surface area contributed by atoms with Gasteiger partial charge in [-0.2, -0.15) is 0 Å². The number of aliphatic hydroxyl groups excluding tert-OH is 1. The Hall–Kier alpha value is -1.06. The first-order chi connectivity index (χ1) is 7.41. The number of nitrogens with zero attached hydrogens (tertiary/aromatic N) is 1. The number of rotatable bonds is 3. The van der Waals surface area contributed by atoms with Crippen molar-refractivity contribution in [1.82, 2.24) is 4.90 Å². The maximum atomic E-state index is 11.9. The molecule has 1 atom stereocenters. The molecule has 0 aromatic heterocycles. The fourth-order valence-electron chi connectivity index (χ4n) is 1.43. The Morgan fingerprint density at radius 3 is 2.69 bits per heavy atom. The molecule has 4 heteroatoms. The van der Waals surface area contributed by atoms with E-state index >= 15 is 0 Å². The van der Waals surface area contributed by atoms with Crippen LogP contribution >= 0.6 is 11.6 Å². The van der Waals surface area contributed by atoms with Crippen LogP contribution in [0, 0.1) is 6.92 Å². The summed E-state index contributed by atoms with van der Waals surface area (Å²) in [6.45, 7) is 3.84. The topological polar surface area (TPSA) is 40.5 Å². The van der Waals surface area contributed by atoms with Gasteiger partial charge in [0.1, 0.15) is 0 Å². The van der Waals surface area contributed by atoms with E-state index in [4.69, 9.17) is 11.6 Å². The molecule has 3 nitrogen and oxygen atoms in total. The van der Waals surface area contributed by atoms with E-state index in [0.29, 0.717) is 17.1 Å². The molecule has 1 rings (SSSR count). The van der Waals surface area contributed by atoms with Crippen molar-refractivity contribution in [3.05, 3.63) is 34.3 Å². The molecule has 0 aliphatic carbocycles. The molecule has 0 bridgehead atoms. The largest absolute Gasteiger partial charge is 0.392 e. The summed E-state index contributed by atoms with van der Waals surface area (Å²) in [6.07, 6.45) is -0.533. The molecule has 0 saturated carbocycles. The zero-order valence-electron chi connectivity index (χ0n) is 9.70. The third-order valence-corrected chi connectivity index (χ3v) is 2.71. The fraction of sp³-hybridized carbons (Fsp3) is 0.417. The number of likely N-dealkylation sites (N-methyl/N-ethyl adjacent to an activating group) is 1. The van der Waals surface area contributed by atoms with E-state index < -0.39 is 6.10 Å². The summed E-state index contributed by atoms with van der Waals surface area (Å²) in [5, 5.41) is 9.78. The van der Waals surface area contributed by atoms with Crippen molar-refractivity contribution in [2.24, 2.45) is 0 Å². The average molecular weight is 242 g/mol. The molecule has 0 aliphatic heterocycles. The van der Waals surface area contributed by atoms with Crippen molar-refractivity contribution in [3.8, 4) is 0 Å². The Bertz CT molecular complexity index is 391. The van der Waals surface area contributed by atoms with Crippen LogP contribution in [0.5, 0.6) is 0 Å². The molecular weight excluding hydrogens is 226 g/mol. The number of amides is 1. The van der Waals surface area contributed by atoms with Gasteiger partial charge in [0.2, 0.25) is 0 Å². The first-order valence-corrected chi connectivity index (χ1v) is 5.49. The van der Waals surface area contributed by atoms with Gasteiger partial charge < -0.3 is 10.0 Å². The number of hydrogen-bond donors (Lipinski definition) is 1. The maximum Gasteiger partial charge on any atom is 0.253 e. The number of aliphatic hydroxyl groups is 1. The molecule has 0 radical (unpaired) electrons. The summed E-state index contributed by atoms with van der Waals surface area (Å²) in [6, 6.07) is 5.20. The predicted molar refractivity (Wildman–Crippen MR) is 64.8 cm³/mol. The van der Waals surface area contributed by atoms with Crippen LogP contribution in [0.25, 0.3) is 0 Å². The standard InChI is InChI=1S/C12H16ClNO2/c1-8-4-5-10(6-11(8)13)12(16)14(3)7-9(2)15/h4-6,9,15H,7H2,1-3H3. The van der Waals surface area contributed by atoms with Gasteiger partial charge in [0.15, 0.2) is 0 Å². The Morgan fingerprint density at radius 1 is 1.56 bits per heavy atom. The van der Waals surface area contributed by atoms with Gasteiger partial charge >= 0.3 is 0 Å². The monoisotopic (exact) mass is 241 g/mol. The Morgan fingerprint density at radius 2 is 2.19 bits per heavy atom. The van der Waals surface area contributed by atoms with Crippen LogP contribution in [0.2, 0.25) is 5.02 Å². The van der Waals surface area contributed by atoms with Crippen molar-refractivity contribution in [2.45, 2.75) is 20.0 Å². The summed E-state index contributed by atoms with van der Waals surface area (Å²) in [5.74, 6) is -0.136. The predicted octanol–water partition coefficient (Wildman–Crippen LogP) is 2.10. The fourth-order valence-corrected chi connectivity index (χ4v) is 1.61.